The second-order valence-electron chi connectivity index (χ2n) is 4.78. The lowest BCUT2D eigenvalue weighted by Gasteiger charge is -2.07. The van der Waals surface area contributed by atoms with E-state index in [-0.39, 0.29) is 5.69 Å². The number of non-ortho nitro benzene ring substituents is 1. The van der Waals surface area contributed by atoms with Crippen molar-refractivity contribution in [2.24, 2.45) is 0 Å². The Hall–Kier alpha value is -3.35. The molecule has 0 atom stereocenters. The third kappa shape index (κ3) is 1.80. The van der Waals surface area contributed by atoms with Crippen LogP contribution in [-0.2, 0) is 0 Å². The zero-order valence-electron chi connectivity index (χ0n) is 11.2. The molecule has 0 N–H and O–H groups in total. The average molecular weight is 291 g/mol. The molecule has 4 rings (SSSR count). The van der Waals surface area contributed by atoms with Gasteiger partial charge in [0.25, 0.3) is 5.69 Å². The minimum absolute atomic E-state index is 0.0459. The normalized spacial score (nSPS) is 11.1. The number of benzene rings is 2. The van der Waals surface area contributed by atoms with Crippen LogP contribution in [0.5, 0.6) is 0 Å². The standard InChI is InChI=1S/C15H9N5O2/c21-20(22)11-7-5-10(6-8-11)14-17-13-4-2-1-3-12(13)15-18-16-9-19(14)15/h1-9H. The van der Waals surface area contributed by atoms with E-state index in [0.717, 1.165) is 16.5 Å². The van der Waals surface area contributed by atoms with Crippen LogP contribution < -0.4 is 0 Å². The summed E-state index contributed by atoms with van der Waals surface area (Å²) in [5, 5.41) is 19.8. The Balaban J connectivity index is 2.00. The van der Waals surface area contributed by atoms with Crippen molar-refractivity contribution in [1.29, 1.82) is 0 Å². The van der Waals surface area contributed by atoms with Gasteiger partial charge in [0.05, 0.1) is 10.4 Å². The Morgan fingerprint density at radius 1 is 1.05 bits per heavy atom. The van der Waals surface area contributed by atoms with E-state index in [2.05, 4.69) is 15.2 Å². The molecule has 106 valence electrons. The first-order valence-electron chi connectivity index (χ1n) is 6.57. The van der Waals surface area contributed by atoms with E-state index in [4.69, 9.17) is 0 Å². The quantitative estimate of drug-likeness (QED) is 0.418. The number of nitrogens with zero attached hydrogens (tertiary/aromatic N) is 5. The molecular weight excluding hydrogens is 282 g/mol. The number of nitro benzene ring substituents is 1. The van der Waals surface area contributed by atoms with Gasteiger partial charge in [0.2, 0.25) is 0 Å². The van der Waals surface area contributed by atoms with Crippen LogP contribution in [0.25, 0.3) is 27.9 Å². The third-order valence-corrected chi connectivity index (χ3v) is 3.48. The van der Waals surface area contributed by atoms with Crippen molar-refractivity contribution in [3.63, 3.8) is 0 Å². The molecule has 0 fully saturated rings. The first kappa shape index (κ1) is 12.4. The van der Waals surface area contributed by atoms with E-state index >= 15 is 0 Å². The monoisotopic (exact) mass is 291 g/mol. The van der Waals surface area contributed by atoms with Crippen LogP contribution >= 0.6 is 0 Å². The van der Waals surface area contributed by atoms with Gasteiger partial charge in [-0.1, -0.05) is 12.1 Å². The lowest BCUT2D eigenvalue weighted by atomic mass is 10.1. The number of para-hydroxylation sites is 1. The van der Waals surface area contributed by atoms with Gasteiger partial charge >= 0.3 is 0 Å². The van der Waals surface area contributed by atoms with Gasteiger partial charge in [0, 0.05) is 23.1 Å². The van der Waals surface area contributed by atoms with Gasteiger partial charge in [-0.2, -0.15) is 0 Å². The molecule has 0 unspecified atom stereocenters. The number of rotatable bonds is 2. The van der Waals surface area contributed by atoms with E-state index in [1.807, 2.05) is 24.3 Å². The maximum absolute atomic E-state index is 10.8. The highest BCUT2D eigenvalue weighted by Gasteiger charge is 2.12. The summed E-state index contributed by atoms with van der Waals surface area (Å²) in [6.07, 6.45) is 1.59. The van der Waals surface area contributed by atoms with Crippen LogP contribution in [0, 0.1) is 10.1 Å². The molecule has 0 aliphatic heterocycles. The maximum Gasteiger partial charge on any atom is 0.269 e. The predicted molar refractivity (Wildman–Crippen MR) is 80.4 cm³/mol. The number of hydrogen-bond acceptors (Lipinski definition) is 5. The van der Waals surface area contributed by atoms with E-state index in [9.17, 15) is 10.1 Å². The summed E-state index contributed by atoms with van der Waals surface area (Å²) in [4.78, 5) is 15.0. The second kappa shape index (κ2) is 4.59. The van der Waals surface area contributed by atoms with Gasteiger partial charge in [-0.25, -0.2) is 4.98 Å². The van der Waals surface area contributed by atoms with Gasteiger partial charge in [-0.05, 0) is 24.3 Å². The molecule has 0 bridgehead atoms. The molecule has 0 aliphatic rings. The molecule has 0 saturated carbocycles. The van der Waals surface area contributed by atoms with Crippen molar-refractivity contribution in [2.75, 3.05) is 0 Å². The molecule has 7 nitrogen and oxygen atoms in total. The summed E-state index contributed by atoms with van der Waals surface area (Å²) in [7, 11) is 0. The highest BCUT2D eigenvalue weighted by molar-refractivity contribution is 5.92. The van der Waals surface area contributed by atoms with Gasteiger partial charge in [0.15, 0.2) is 5.65 Å². The van der Waals surface area contributed by atoms with E-state index in [1.54, 1.807) is 22.9 Å². The number of fused-ring (bicyclic) bond motifs is 3. The Bertz CT molecular complexity index is 1010. The van der Waals surface area contributed by atoms with Crippen LogP contribution in [0.15, 0.2) is 54.9 Å². The van der Waals surface area contributed by atoms with Crippen molar-refractivity contribution in [3.8, 4) is 11.4 Å². The molecule has 2 aromatic heterocycles. The largest absolute Gasteiger partial charge is 0.269 e. The lowest BCUT2D eigenvalue weighted by Crippen LogP contribution is -1.97. The van der Waals surface area contributed by atoms with E-state index in [0.29, 0.717) is 11.5 Å². The van der Waals surface area contributed by atoms with Crippen molar-refractivity contribution in [2.45, 2.75) is 0 Å². The zero-order chi connectivity index (χ0) is 15.1. The Morgan fingerprint density at radius 2 is 1.82 bits per heavy atom. The van der Waals surface area contributed by atoms with Crippen molar-refractivity contribution in [1.82, 2.24) is 19.6 Å². The fraction of sp³-hybridized carbons (Fsp3) is 0. The summed E-state index contributed by atoms with van der Waals surface area (Å²) in [6, 6.07) is 13.9. The SMILES string of the molecule is O=[N+]([O-])c1ccc(-c2nc3ccccc3c3nncn23)cc1. The van der Waals surface area contributed by atoms with E-state index < -0.39 is 4.92 Å². The fourth-order valence-corrected chi connectivity index (χ4v) is 2.44. The summed E-state index contributed by atoms with van der Waals surface area (Å²) < 4.78 is 1.78. The van der Waals surface area contributed by atoms with Crippen molar-refractivity contribution in [3.05, 3.63) is 65.0 Å². The van der Waals surface area contributed by atoms with Gasteiger partial charge in [-0.3, -0.25) is 14.5 Å². The smallest absolute Gasteiger partial charge is 0.265 e. The number of aromatic nitrogens is 4. The zero-order valence-corrected chi connectivity index (χ0v) is 11.2. The van der Waals surface area contributed by atoms with Crippen LogP contribution in [0.4, 0.5) is 5.69 Å². The topological polar surface area (TPSA) is 86.2 Å². The molecular formula is C15H9N5O2. The fourth-order valence-electron chi connectivity index (χ4n) is 2.44. The Kier molecular flexibility index (Phi) is 2.59. The van der Waals surface area contributed by atoms with Crippen LogP contribution in [0.1, 0.15) is 0 Å². The highest BCUT2D eigenvalue weighted by Crippen LogP contribution is 2.25. The van der Waals surface area contributed by atoms with Gasteiger partial charge in [0.1, 0.15) is 12.2 Å². The van der Waals surface area contributed by atoms with Crippen molar-refractivity contribution < 1.29 is 4.92 Å². The van der Waals surface area contributed by atoms with Gasteiger partial charge in [-0.15, -0.1) is 10.2 Å². The number of nitro groups is 1. The Labute approximate surface area is 124 Å². The van der Waals surface area contributed by atoms with Crippen LogP contribution in [-0.4, -0.2) is 24.5 Å². The minimum atomic E-state index is -0.425. The lowest BCUT2D eigenvalue weighted by molar-refractivity contribution is -0.384. The summed E-state index contributed by atoms with van der Waals surface area (Å²) in [5.41, 5.74) is 2.32. The van der Waals surface area contributed by atoms with Crippen LogP contribution in [0.3, 0.4) is 0 Å². The molecule has 4 aromatic rings. The van der Waals surface area contributed by atoms with E-state index in [1.165, 1.54) is 12.1 Å². The third-order valence-electron chi connectivity index (χ3n) is 3.48. The molecule has 0 saturated heterocycles. The summed E-state index contributed by atoms with van der Waals surface area (Å²) >= 11 is 0. The molecule has 2 heterocycles. The molecule has 2 aromatic carbocycles. The first-order valence-corrected chi connectivity index (χ1v) is 6.57. The molecule has 0 aliphatic carbocycles. The highest BCUT2D eigenvalue weighted by atomic mass is 16.6. The minimum Gasteiger partial charge on any atom is -0.265 e. The van der Waals surface area contributed by atoms with Gasteiger partial charge < -0.3 is 0 Å². The van der Waals surface area contributed by atoms with Crippen LogP contribution in [0.2, 0.25) is 0 Å². The summed E-state index contributed by atoms with van der Waals surface area (Å²) in [6.45, 7) is 0. The predicted octanol–water partition coefficient (Wildman–Crippen LogP) is 2.85. The maximum atomic E-state index is 10.8. The van der Waals surface area contributed by atoms with Crippen molar-refractivity contribution >= 4 is 22.2 Å². The average Bonchev–Trinajstić information content (AvgIpc) is 3.04. The first-order chi connectivity index (χ1) is 10.7. The molecule has 0 amide bonds. The molecule has 7 heteroatoms. The molecule has 22 heavy (non-hydrogen) atoms. The summed E-state index contributed by atoms with van der Waals surface area (Å²) in [5.74, 6) is 0.647. The Morgan fingerprint density at radius 3 is 2.59 bits per heavy atom. The second-order valence-corrected chi connectivity index (χ2v) is 4.78. The molecule has 0 spiro atoms. The molecule has 0 radical (unpaired) electrons. The number of hydrogen-bond donors (Lipinski definition) is 0.